The normalized spacial score (nSPS) is 31.0. The fourth-order valence-corrected chi connectivity index (χ4v) is 7.99. The van der Waals surface area contributed by atoms with Gasteiger partial charge in [-0.3, -0.25) is 9.59 Å². The lowest BCUT2D eigenvalue weighted by Crippen LogP contribution is -2.55. The van der Waals surface area contributed by atoms with Crippen LogP contribution in [-0.4, -0.2) is 63.3 Å². The van der Waals surface area contributed by atoms with Crippen LogP contribution in [0.25, 0.3) is 10.9 Å². The summed E-state index contributed by atoms with van der Waals surface area (Å²) in [4.78, 5) is 58.1. The zero-order valence-corrected chi connectivity index (χ0v) is 24.9. The first kappa shape index (κ1) is 29.5. The Hall–Kier alpha value is -3.56. The minimum Gasteiger partial charge on any atom is -0.480 e. The standard InChI is InChI=1S/C33H43N3O7/c1-33-17-9-13-21(33)12-3-2-4-15-24-28(37)23-14-7-8-16-25(23)34-29(24)42-22-18-26(31(39)40)36(19-22)30(38)27(35-32(41)43-33)20-10-5-6-11-20/h7-8,14,16,20-22,26-27H,2-6,9-13,15,17-19H2,1H3,(H,34,37)(H,35,41)(H,39,40). The van der Waals surface area contributed by atoms with Crippen LogP contribution in [0.1, 0.15) is 89.5 Å². The van der Waals surface area contributed by atoms with E-state index in [0.717, 1.165) is 70.6 Å². The number of rotatable bonds is 2. The fourth-order valence-electron chi connectivity index (χ4n) is 7.99. The molecule has 1 saturated heterocycles. The van der Waals surface area contributed by atoms with E-state index in [1.807, 2.05) is 25.1 Å². The molecule has 1 aromatic heterocycles. The maximum absolute atomic E-state index is 14.1. The van der Waals surface area contributed by atoms with Gasteiger partial charge in [-0.15, -0.1) is 0 Å². The Morgan fingerprint density at radius 3 is 2.53 bits per heavy atom. The minimum atomic E-state index is -1.12. The monoisotopic (exact) mass is 593 g/mol. The number of carboxylic acid groups (broad SMARTS) is 1. The second kappa shape index (κ2) is 12.2. The average Bonchev–Trinajstić information content (AvgIpc) is 3.73. The quantitative estimate of drug-likeness (QED) is 0.449. The number of aromatic amines is 1. The number of hydrogen-bond acceptors (Lipinski definition) is 6. The number of nitrogens with one attached hydrogen (secondary N) is 2. The van der Waals surface area contributed by atoms with Crippen molar-refractivity contribution in [2.45, 2.75) is 114 Å². The van der Waals surface area contributed by atoms with Gasteiger partial charge >= 0.3 is 12.1 Å². The molecule has 1 aromatic carbocycles. The number of amides is 2. The number of ether oxygens (including phenoxy) is 2. The molecule has 5 atom stereocenters. The summed E-state index contributed by atoms with van der Waals surface area (Å²) in [5, 5.41) is 13.6. The molecule has 2 aliphatic carbocycles. The lowest BCUT2D eigenvalue weighted by Gasteiger charge is -2.34. The molecule has 43 heavy (non-hydrogen) atoms. The number of alkyl carbamates (subject to hydrolysis) is 1. The topological polar surface area (TPSA) is 138 Å². The molecule has 3 heterocycles. The number of para-hydroxylation sites is 1. The maximum atomic E-state index is 14.1. The van der Waals surface area contributed by atoms with Crippen LogP contribution in [0.2, 0.25) is 0 Å². The summed E-state index contributed by atoms with van der Waals surface area (Å²) >= 11 is 0. The van der Waals surface area contributed by atoms with E-state index in [2.05, 4.69) is 10.3 Å². The van der Waals surface area contributed by atoms with Crippen molar-refractivity contribution in [3.05, 3.63) is 40.1 Å². The molecule has 2 amide bonds. The third kappa shape index (κ3) is 5.97. The van der Waals surface area contributed by atoms with E-state index in [9.17, 15) is 24.3 Å². The Morgan fingerprint density at radius 1 is 1.00 bits per heavy atom. The number of aliphatic carboxylic acids is 1. The van der Waals surface area contributed by atoms with Crippen molar-refractivity contribution in [3.63, 3.8) is 0 Å². The molecule has 4 aliphatic rings. The second-order valence-corrected chi connectivity index (χ2v) is 13.2. The molecule has 3 fully saturated rings. The minimum absolute atomic E-state index is 0.0455. The van der Waals surface area contributed by atoms with Gasteiger partial charge in [0, 0.05) is 11.8 Å². The van der Waals surface area contributed by atoms with Crippen molar-refractivity contribution in [1.29, 1.82) is 0 Å². The van der Waals surface area contributed by atoms with Gasteiger partial charge in [-0.2, -0.15) is 0 Å². The largest absolute Gasteiger partial charge is 0.480 e. The fraction of sp³-hybridized carbons (Fsp3) is 0.636. The highest BCUT2D eigenvalue weighted by atomic mass is 16.6. The van der Waals surface area contributed by atoms with Crippen molar-refractivity contribution >= 4 is 28.9 Å². The molecule has 0 radical (unpaired) electrons. The Kier molecular flexibility index (Phi) is 8.38. The Labute approximate surface area is 251 Å². The van der Waals surface area contributed by atoms with E-state index >= 15 is 0 Å². The lowest BCUT2D eigenvalue weighted by molar-refractivity contribution is -0.149. The molecular weight excluding hydrogens is 550 g/mol. The number of carboxylic acids is 1. The van der Waals surface area contributed by atoms with E-state index in [1.165, 1.54) is 4.90 Å². The molecule has 10 nitrogen and oxygen atoms in total. The van der Waals surface area contributed by atoms with Gasteiger partial charge < -0.3 is 29.8 Å². The molecule has 2 saturated carbocycles. The van der Waals surface area contributed by atoms with Crippen LogP contribution in [0.4, 0.5) is 4.79 Å². The lowest BCUT2D eigenvalue weighted by atomic mass is 9.87. The number of pyridine rings is 1. The Bertz CT molecular complexity index is 1430. The SMILES string of the molecule is CC12CCCC1CCCCCc1c([nH]c3ccccc3c1=O)OC1CC(C(=O)O)N(C1)C(=O)C(C1CCCC1)NC(=O)O2. The number of carbonyl (C=O) groups is 3. The number of H-pyrrole nitrogens is 1. The van der Waals surface area contributed by atoms with Crippen LogP contribution in [-0.2, 0) is 20.7 Å². The van der Waals surface area contributed by atoms with E-state index in [1.54, 1.807) is 6.07 Å². The molecule has 2 aliphatic heterocycles. The van der Waals surface area contributed by atoms with Gasteiger partial charge in [-0.1, -0.05) is 37.8 Å². The van der Waals surface area contributed by atoms with E-state index in [-0.39, 0.29) is 30.2 Å². The molecule has 2 bridgehead atoms. The Morgan fingerprint density at radius 2 is 1.74 bits per heavy atom. The first-order chi connectivity index (χ1) is 20.7. The van der Waals surface area contributed by atoms with E-state index in [0.29, 0.717) is 28.8 Å². The van der Waals surface area contributed by atoms with Gasteiger partial charge in [-0.05, 0) is 82.3 Å². The molecule has 10 heteroatoms. The molecule has 2 aromatic rings. The predicted octanol–water partition coefficient (Wildman–Crippen LogP) is 4.92. The summed E-state index contributed by atoms with van der Waals surface area (Å²) < 4.78 is 12.5. The van der Waals surface area contributed by atoms with Gasteiger partial charge in [-0.25, -0.2) is 9.59 Å². The van der Waals surface area contributed by atoms with Crippen LogP contribution < -0.4 is 15.5 Å². The summed E-state index contributed by atoms with van der Waals surface area (Å²) in [5.41, 5.74) is 0.512. The van der Waals surface area contributed by atoms with Crippen LogP contribution in [0.5, 0.6) is 5.88 Å². The molecule has 0 spiro atoms. The summed E-state index contributed by atoms with van der Waals surface area (Å²) in [7, 11) is 0. The van der Waals surface area contributed by atoms with Crippen molar-refractivity contribution in [2.24, 2.45) is 11.8 Å². The van der Waals surface area contributed by atoms with Crippen LogP contribution in [0.15, 0.2) is 29.1 Å². The predicted molar refractivity (Wildman–Crippen MR) is 160 cm³/mol. The molecule has 5 unspecified atom stereocenters. The highest BCUT2D eigenvalue weighted by Crippen LogP contribution is 2.42. The summed E-state index contributed by atoms with van der Waals surface area (Å²) in [5.74, 6) is -1.05. The third-order valence-corrected chi connectivity index (χ3v) is 10.4. The zero-order valence-electron chi connectivity index (χ0n) is 24.9. The number of carbonyl (C=O) groups excluding carboxylic acids is 2. The number of fused-ring (bicyclic) bond motifs is 5. The van der Waals surface area contributed by atoms with Crippen molar-refractivity contribution < 1.29 is 29.0 Å². The van der Waals surface area contributed by atoms with E-state index < -0.39 is 41.8 Å². The molecule has 6 rings (SSSR count). The average molecular weight is 594 g/mol. The first-order valence-electron chi connectivity index (χ1n) is 16.1. The van der Waals surface area contributed by atoms with Crippen LogP contribution in [0.3, 0.4) is 0 Å². The molecule has 232 valence electrons. The van der Waals surface area contributed by atoms with Crippen molar-refractivity contribution in [1.82, 2.24) is 15.2 Å². The number of benzene rings is 1. The third-order valence-electron chi connectivity index (χ3n) is 10.4. The van der Waals surface area contributed by atoms with Gasteiger partial charge in [0.2, 0.25) is 5.91 Å². The number of nitrogens with zero attached hydrogens (tertiary/aromatic N) is 1. The number of aromatic nitrogens is 1. The zero-order chi connectivity index (χ0) is 30.1. The second-order valence-electron chi connectivity index (χ2n) is 13.2. The van der Waals surface area contributed by atoms with Gasteiger partial charge in [0.15, 0.2) is 11.3 Å². The van der Waals surface area contributed by atoms with Crippen LogP contribution >= 0.6 is 0 Å². The summed E-state index contributed by atoms with van der Waals surface area (Å²) in [6.45, 7) is 2.04. The highest BCUT2D eigenvalue weighted by molar-refractivity contribution is 5.90. The number of hydrogen-bond donors (Lipinski definition) is 3. The van der Waals surface area contributed by atoms with E-state index in [4.69, 9.17) is 9.47 Å². The van der Waals surface area contributed by atoms with Crippen LogP contribution in [0, 0.1) is 11.8 Å². The summed E-state index contributed by atoms with van der Waals surface area (Å²) in [6, 6.07) is 5.34. The van der Waals surface area contributed by atoms with Gasteiger partial charge in [0.25, 0.3) is 0 Å². The van der Waals surface area contributed by atoms with Gasteiger partial charge in [0.05, 0.1) is 17.6 Å². The molecular formula is C33H43N3O7. The Balaban J connectivity index is 1.36. The summed E-state index contributed by atoms with van der Waals surface area (Å²) in [6.07, 6.45) is 9.16. The molecule has 3 N–H and O–H groups in total. The first-order valence-corrected chi connectivity index (χ1v) is 16.1. The van der Waals surface area contributed by atoms with Crippen molar-refractivity contribution in [2.75, 3.05) is 6.54 Å². The van der Waals surface area contributed by atoms with Crippen molar-refractivity contribution in [3.8, 4) is 5.88 Å². The highest BCUT2D eigenvalue weighted by Gasteiger charge is 2.47. The van der Waals surface area contributed by atoms with Gasteiger partial charge in [0.1, 0.15) is 23.8 Å². The smallest absolute Gasteiger partial charge is 0.408 e. The maximum Gasteiger partial charge on any atom is 0.408 e.